The van der Waals surface area contributed by atoms with Crippen LogP contribution in [0.25, 0.3) is 0 Å². The van der Waals surface area contributed by atoms with E-state index in [9.17, 15) is 92.2 Å². The van der Waals surface area contributed by atoms with E-state index in [1.54, 1.807) is 0 Å². The van der Waals surface area contributed by atoms with Crippen LogP contribution in [0, 0.1) is 87.3 Å². The number of nitrogens with zero attached hydrogens (tertiary/aromatic N) is 2. The second-order valence-electron chi connectivity index (χ2n) is 10.4. The third-order valence-electron chi connectivity index (χ3n) is 6.58. The molecule has 0 aliphatic carbocycles. The summed E-state index contributed by atoms with van der Waals surface area (Å²) in [5, 5.41) is 0. The minimum absolute atomic E-state index is 0.0242. The first-order valence-corrected chi connectivity index (χ1v) is 13.7. The number of hydrogen-bond donors (Lipinski definition) is 0. The van der Waals surface area contributed by atoms with Crippen LogP contribution in [0.2, 0.25) is 0 Å². The predicted molar refractivity (Wildman–Crippen MR) is 152 cm³/mol. The fraction of sp³-hybridized carbons (Fsp3) is 0.0690. The highest BCUT2D eigenvalue weighted by Gasteiger charge is 2.36. The van der Waals surface area contributed by atoms with Gasteiger partial charge in [0.05, 0.1) is 11.1 Å². The van der Waals surface area contributed by atoms with Crippen LogP contribution >= 0.6 is 0 Å². The van der Waals surface area contributed by atoms with E-state index in [0.29, 0.717) is 27.0 Å². The van der Waals surface area contributed by atoms with Gasteiger partial charge in [0, 0.05) is 10.9 Å². The summed E-state index contributed by atoms with van der Waals surface area (Å²) in [6, 6.07) is 0.931. The summed E-state index contributed by atoms with van der Waals surface area (Å²) in [7, 11) is 10.4. The maximum atomic E-state index is 13.7. The van der Waals surface area contributed by atoms with Gasteiger partial charge >= 0.3 is 27.2 Å². The molecule has 1 heterocycles. The van der Waals surface area contributed by atoms with Crippen LogP contribution in [0.5, 0.6) is 0 Å². The maximum Gasteiger partial charge on any atom is 0.442 e. The Balaban J connectivity index is 0.000000259. The molecule has 0 bridgehead atoms. The van der Waals surface area contributed by atoms with E-state index in [-0.39, 0.29) is 6.07 Å². The molecule has 0 fully saturated rings. The van der Waals surface area contributed by atoms with Gasteiger partial charge in [-0.1, -0.05) is 17.6 Å². The number of rotatable bonds is 4. The number of aromatic nitrogens is 2. The van der Waals surface area contributed by atoms with Crippen molar-refractivity contribution in [3.8, 4) is 0 Å². The molecule has 27 heteroatoms. The van der Waals surface area contributed by atoms with Crippen molar-refractivity contribution in [3.63, 3.8) is 0 Å². The lowest BCUT2D eigenvalue weighted by molar-refractivity contribution is -0.525. The average Bonchev–Trinajstić information content (AvgIpc) is 3.59. The molecular weight excluding hydrogens is 819 g/mol. The summed E-state index contributed by atoms with van der Waals surface area (Å²) < 4.78 is 269. The molecule has 5 rings (SSSR count). The number of hydrogen-bond acceptors (Lipinski definition) is 0. The molecule has 0 aliphatic rings. The highest BCUT2D eigenvalue weighted by atomic mass is 19.4. The molecule has 0 amide bonds. The molecule has 1 aromatic heterocycles. The van der Waals surface area contributed by atoms with Crippen molar-refractivity contribution < 1.29 is 96.7 Å². The van der Waals surface area contributed by atoms with Gasteiger partial charge in [0.1, 0.15) is 28.1 Å². The Morgan fingerprint density at radius 2 is 0.768 bits per heavy atom. The maximum absolute atomic E-state index is 13.7. The molecular formula is C29H6B4F21N2+. The predicted octanol–water partition coefficient (Wildman–Crippen LogP) is 5.45. The zero-order valence-electron chi connectivity index (χ0n) is 26.1. The summed E-state index contributed by atoms with van der Waals surface area (Å²) in [5.41, 5.74) is -7.39. The normalized spacial score (nSPS) is 11.4. The zero-order chi connectivity index (χ0) is 42.9. The van der Waals surface area contributed by atoms with Crippen LogP contribution < -0.4 is 26.3 Å². The van der Waals surface area contributed by atoms with Crippen LogP contribution in [0.4, 0.5) is 92.2 Å². The van der Waals surface area contributed by atoms with Gasteiger partial charge in [0.25, 0.3) is 0 Å². The van der Waals surface area contributed by atoms with Gasteiger partial charge in [-0.15, -0.1) is 0 Å². The molecule has 0 N–H and O–H groups in total. The molecule has 2 nitrogen and oxygen atoms in total. The molecule has 0 unspecified atom stereocenters. The summed E-state index contributed by atoms with van der Waals surface area (Å²) >= 11 is 0. The third-order valence-corrected chi connectivity index (χ3v) is 6.58. The summed E-state index contributed by atoms with van der Waals surface area (Å²) in [6.45, 7) is 0. The average molecular weight is 825 g/mol. The first kappa shape index (κ1) is 45.3. The van der Waals surface area contributed by atoms with Crippen LogP contribution in [0.15, 0.2) is 36.9 Å². The highest BCUT2D eigenvalue weighted by molar-refractivity contribution is 6.52. The second kappa shape index (κ2) is 16.9. The van der Waals surface area contributed by atoms with Gasteiger partial charge in [-0.25, -0.2) is 65.9 Å². The molecule has 56 heavy (non-hydrogen) atoms. The van der Waals surface area contributed by atoms with Gasteiger partial charge in [-0.3, -0.25) is 8.96 Å². The molecule has 0 atom stereocenters. The van der Waals surface area contributed by atoms with Gasteiger partial charge in [-0.2, -0.15) is 26.3 Å². The minimum atomic E-state index is -4.84. The molecule has 6 radical (unpaired) electrons. The van der Waals surface area contributed by atoms with E-state index in [1.165, 1.54) is 0 Å². The third kappa shape index (κ3) is 9.63. The van der Waals surface area contributed by atoms with Gasteiger partial charge < -0.3 is 0 Å². The quantitative estimate of drug-likeness (QED) is 0.0989. The van der Waals surface area contributed by atoms with Crippen molar-refractivity contribution in [3.05, 3.63) is 135 Å². The van der Waals surface area contributed by atoms with Crippen LogP contribution in [0.3, 0.4) is 0 Å². The topological polar surface area (TPSA) is 8.81 Å². The molecule has 0 saturated carbocycles. The van der Waals surface area contributed by atoms with Crippen molar-refractivity contribution in [1.29, 1.82) is 0 Å². The van der Waals surface area contributed by atoms with E-state index in [0.717, 1.165) is 27.7 Å². The fourth-order valence-electron chi connectivity index (χ4n) is 3.91. The summed E-state index contributed by atoms with van der Waals surface area (Å²) in [5.74, 6) is -32.3. The van der Waals surface area contributed by atoms with Gasteiger partial charge in [-0.05, 0) is 11.5 Å². The first-order valence-electron chi connectivity index (χ1n) is 13.7. The Labute approximate surface area is 301 Å². The molecule has 0 saturated heterocycles. The fourth-order valence-corrected chi connectivity index (χ4v) is 3.91. The largest absolute Gasteiger partial charge is 0.442 e. The first-order chi connectivity index (χ1) is 25.6. The second-order valence-corrected chi connectivity index (χ2v) is 10.4. The Hall–Kier alpha value is -5.12. The van der Waals surface area contributed by atoms with E-state index in [1.807, 2.05) is 0 Å². The van der Waals surface area contributed by atoms with Crippen molar-refractivity contribution in [2.75, 3.05) is 0 Å². The SMILES string of the molecule is Fc1c(F)c(F)c([B]n2cc[n+]([B]c3c(F)c(F)c(F)c(F)c3F)c2)c(F)c1F.[B]c1c(F)c(F)c(F)c(F)c1F.[B]c1cc(C(F)(F)F)cc(C(F)(F)F)c1. The number of halogens is 21. The van der Waals surface area contributed by atoms with Crippen molar-refractivity contribution in [2.24, 2.45) is 0 Å². The standard InChI is InChI=1S/C15H3B2F10N2.C8H3BF6.C6BF5/c18-6-4(7(19)11(23)14(26)10(6)22)16-28-1-2-29(3-28)17-5-8(20)12(24)15(27)13(25)9(5)21;9-6-2-4(7(10,11)12)1-5(3-6)8(13,14)15;7-1-2(8)4(10)6(12)5(11)3(1)9/h1-3H;1-3H;/q+1;;. The van der Waals surface area contributed by atoms with E-state index >= 15 is 0 Å². The Kier molecular flexibility index (Phi) is 13.7. The highest BCUT2D eigenvalue weighted by Crippen LogP contribution is 2.34. The molecule has 4 aromatic carbocycles. The van der Waals surface area contributed by atoms with Gasteiger partial charge in [0.15, 0.2) is 87.3 Å². The zero-order valence-corrected chi connectivity index (χ0v) is 26.1. The smallest absolute Gasteiger partial charge is 0.300 e. The lowest BCUT2D eigenvalue weighted by Crippen LogP contribution is -2.49. The molecule has 290 valence electrons. The van der Waals surface area contributed by atoms with E-state index in [2.05, 4.69) is 7.85 Å². The van der Waals surface area contributed by atoms with Crippen LogP contribution in [0.1, 0.15) is 11.1 Å². The molecule has 0 aliphatic heterocycles. The van der Waals surface area contributed by atoms with Crippen LogP contribution in [-0.4, -0.2) is 35.0 Å². The molecule has 0 spiro atoms. The minimum Gasteiger partial charge on any atom is -0.300 e. The lowest BCUT2D eigenvalue weighted by Gasteiger charge is -2.12. The monoisotopic (exact) mass is 825 g/mol. The van der Waals surface area contributed by atoms with Gasteiger partial charge in [0.2, 0.25) is 6.33 Å². The van der Waals surface area contributed by atoms with Crippen LogP contribution in [-0.2, 0) is 12.4 Å². The van der Waals surface area contributed by atoms with E-state index < -0.39 is 133 Å². The summed E-state index contributed by atoms with van der Waals surface area (Å²) in [4.78, 5) is 0. The van der Waals surface area contributed by atoms with Crippen molar-refractivity contribution in [1.82, 2.24) is 4.48 Å². The Morgan fingerprint density at radius 1 is 0.446 bits per heavy atom. The number of benzene rings is 4. The lowest BCUT2D eigenvalue weighted by atomic mass is 9.80. The Bertz CT molecular complexity index is 2010. The summed E-state index contributed by atoms with van der Waals surface area (Å²) in [6.07, 6.45) is -6.98. The number of alkyl halides is 6. The van der Waals surface area contributed by atoms with Crippen molar-refractivity contribution >= 4 is 52.4 Å². The Morgan fingerprint density at radius 3 is 1.12 bits per heavy atom. The van der Waals surface area contributed by atoms with E-state index in [4.69, 9.17) is 7.85 Å². The molecule has 5 aromatic rings. The number of imidazole rings is 1. The van der Waals surface area contributed by atoms with Crippen molar-refractivity contribution in [2.45, 2.75) is 12.4 Å².